The molecule has 0 aliphatic rings. The number of nitrogens with one attached hydrogen (secondary N) is 2. The molecule has 1 aromatic carbocycles. The highest BCUT2D eigenvalue weighted by atomic mass is 32.1. The van der Waals surface area contributed by atoms with Gasteiger partial charge in [0.2, 0.25) is 5.91 Å². The number of urea groups is 1. The molecule has 1 unspecified atom stereocenters. The third kappa shape index (κ3) is 3.88. The molecule has 2 heterocycles. The molecule has 122 valence electrons. The first-order valence-corrected chi connectivity index (χ1v) is 8.24. The summed E-state index contributed by atoms with van der Waals surface area (Å²) in [5, 5.41) is 8.24. The van der Waals surface area contributed by atoms with Gasteiger partial charge in [0.25, 0.3) is 0 Å². The van der Waals surface area contributed by atoms with Gasteiger partial charge in [0.15, 0.2) is 0 Å². The maximum Gasteiger partial charge on any atom is 0.312 e. The monoisotopic (exact) mass is 340 g/mol. The summed E-state index contributed by atoms with van der Waals surface area (Å²) in [5.74, 6) is -0.223. The predicted molar refractivity (Wildman–Crippen MR) is 94.8 cm³/mol. The smallest absolute Gasteiger partial charge is 0.312 e. The zero-order chi connectivity index (χ0) is 16.9. The first-order chi connectivity index (χ1) is 11.6. The van der Waals surface area contributed by atoms with Crippen molar-refractivity contribution in [3.8, 4) is 0 Å². The molecule has 0 saturated heterocycles. The second-order valence-electron chi connectivity index (χ2n) is 5.25. The van der Waals surface area contributed by atoms with Crippen molar-refractivity contribution in [2.45, 2.75) is 12.5 Å². The van der Waals surface area contributed by atoms with E-state index in [1.807, 2.05) is 47.8 Å². The normalized spacial score (nSPS) is 11.8. The van der Waals surface area contributed by atoms with Gasteiger partial charge < -0.3 is 16.4 Å². The Morgan fingerprint density at radius 3 is 2.79 bits per heavy atom. The van der Waals surface area contributed by atoms with E-state index in [0.717, 1.165) is 15.8 Å². The van der Waals surface area contributed by atoms with Crippen LogP contribution in [0.25, 0.3) is 10.9 Å². The Bertz CT molecular complexity index is 864. The van der Waals surface area contributed by atoms with Gasteiger partial charge in [0, 0.05) is 10.3 Å². The maximum atomic E-state index is 12.3. The van der Waals surface area contributed by atoms with E-state index in [4.69, 9.17) is 5.73 Å². The molecule has 2 aromatic heterocycles. The Labute approximate surface area is 142 Å². The quantitative estimate of drug-likeness (QED) is 0.666. The molecule has 24 heavy (non-hydrogen) atoms. The molecule has 0 saturated carbocycles. The number of pyridine rings is 1. The molecular weight excluding hydrogens is 324 g/mol. The Morgan fingerprint density at radius 2 is 2.04 bits per heavy atom. The van der Waals surface area contributed by atoms with Gasteiger partial charge in [0.05, 0.1) is 29.9 Å². The summed E-state index contributed by atoms with van der Waals surface area (Å²) in [7, 11) is 0. The van der Waals surface area contributed by atoms with E-state index in [1.54, 1.807) is 6.20 Å². The van der Waals surface area contributed by atoms with Crippen LogP contribution >= 0.6 is 11.3 Å². The molecule has 3 rings (SSSR count). The molecule has 0 radical (unpaired) electrons. The van der Waals surface area contributed by atoms with Gasteiger partial charge in [-0.15, -0.1) is 11.3 Å². The minimum absolute atomic E-state index is 0.0935. The SMILES string of the molecule is NC(=O)NC(CC(=O)Nc1cnc2ccccc2c1)c1cccs1. The van der Waals surface area contributed by atoms with Crippen LogP contribution in [0.2, 0.25) is 0 Å². The molecule has 3 amide bonds. The Hall–Kier alpha value is -2.93. The van der Waals surface area contributed by atoms with Gasteiger partial charge in [-0.25, -0.2) is 4.79 Å². The summed E-state index contributed by atoms with van der Waals surface area (Å²) < 4.78 is 0. The second kappa shape index (κ2) is 7.10. The molecule has 0 aliphatic heterocycles. The van der Waals surface area contributed by atoms with E-state index in [9.17, 15) is 9.59 Å². The van der Waals surface area contributed by atoms with Crippen molar-refractivity contribution < 1.29 is 9.59 Å². The van der Waals surface area contributed by atoms with Gasteiger partial charge in [-0.2, -0.15) is 0 Å². The van der Waals surface area contributed by atoms with E-state index in [-0.39, 0.29) is 12.3 Å². The van der Waals surface area contributed by atoms with Crippen molar-refractivity contribution in [1.29, 1.82) is 0 Å². The molecule has 6 nitrogen and oxygen atoms in total. The molecule has 3 aromatic rings. The minimum atomic E-state index is -0.659. The number of hydrogen-bond acceptors (Lipinski definition) is 4. The zero-order valence-corrected chi connectivity index (χ0v) is 13.5. The minimum Gasteiger partial charge on any atom is -0.352 e. The van der Waals surface area contributed by atoms with Crippen LogP contribution in [-0.4, -0.2) is 16.9 Å². The standard InChI is InChI=1S/C17H16N4O2S/c18-17(23)21-14(15-6-3-7-24-15)9-16(22)20-12-8-11-4-1-2-5-13(11)19-10-12/h1-8,10,14H,9H2,(H,20,22)(H3,18,21,23). The van der Waals surface area contributed by atoms with Crippen LogP contribution < -0.4 is 16.4 Å². The van der Waals surface area contributed by atoms with E-state index in [2.05, 4.69) is 15.6 Å². The lowest BCUT2D eigenvalue weighted by atomic mass is 10.1. The fraction of sp³-hybridized carbons (Fsp3) is 0.118. The Morgan fingerprint density at radius 1 is 1.21 bits per heavy atom. The summed E-state index contributed by atoms with van der Waals surface area (Å²) >= 11 is 1.46. The molecular formula is C17H16N4O2S. The number of para-hydroxylation sites is 1. The number of thiophene rings is 1. The van der Waals surface area contributed by atoms with Crippen LogP contribution in [0.4, 0.5) is 10.5 Å². The van der Waals surface area contributed by atoms with Crippen LogP contribution in [-0.2, 0) is 4.79 Å². The fourth-order valence-electron chi connectivity index (χ4n) is 2.42. The van der Waals surface area contributed by atoms with Gasteiger partial charge in [-0.05, 0) is 23.6 Å². The maximum absolute atomic E-state index is 12.3. The number of hydrogen-bond donors (Lipinski definition) is 3. The molecule has 0 fully saturated rings. The highest BCUT2D eigenvalue weighted by Crippen LogP contribution is 2.23. The lowest BCUT2D eigenvalue weighted by Gasteiger charge is -2.16. The number of nitrogens with zero attached hydrogens (tertiary/aromatic N) is 1. The van der Waals surface area contributed by atoms with Crippen molar-refractivity contribution in [3.63, 3.8) is 0 Å². The first-order valence-electron chi connectivity index (χ1n) is 7.36. The third-order valence-corrected chi connectivity index (χ3v) is 4.45. The highest BCUT2D eigenvalue weighted by molar-refractivity contribution is 7.10. The Balaban J connectivity index is 1.71. The zero-order valence-electron chi connectivity index (χ0n) is 12.7. The van der Waals surface area contributed by atoms with E-state index >= 15 is 0 Å². The van der Waals surface area contributed by atoms with Gasteiger partial charge in [-0.3, -0.25) is 9.78 Å². The van der Waals surface area contributed by atoms with Crippen molar-refractivity contribution in [3.05, 3.63) is 58.9 Å². The largest absolute Gasteiger partial charge is 0.352 e. The summed E-state index contributed by atoms with van der Waals surface area (Å²) in [6.45, 7) is 0. The number of anilines is 1. The van der Waals surface area contributed by atoms with Crippen LogP contribution in [0.15, 0.2) is 54.0 Å². The molecule has 1 atom stereocenters. The van der Waals surface area contributed by atoms with E-state index in [1.165, 1.54) is 11.3 Å². The first kappa shape index (κ1) is 15.9. The van der Waals surface area contributed by atoms with Gasteiger partial charge in [-0.1, -0.05) is 24.3 Å². The molecule has 7 heteroatoms. The molecule has 4 N–H and O–H groups in total. The van der Waals surface area contributed by atoms with Crippen LogP contribution in [0.5, 0.6) is 0 Å². The summed E-state index contributed by atoms with van der Waals surface area (Å²) in [4.78, 5) is 28.7. The number of benzene rings is 1. The lowest BCUT2D eigenvalue weighted by molar-refractivity contribution is -0.116. The van der Waals surface area contributed by atoms with Crippen molar-refractivity contribution in [1.82, 2.24) is 10.3 Å². The van der Waals surface area contributed by atoms with E-state index < -0.39 is 12.1 Å². The molecule has 0 spiro atoms. The average molecular weight is 340 g/mol. The van der Waals surface area contributed by atoms with Crippen molar-refractivity contribution >= 4 is 39.9 Å². The Kier molecular flexibility index (Phi) is 4.72. The van der Waals surface area contributed by atoms with Crippen LogP contribution in [0.3, 0.4) is 0 Å². The lowest BCUT2D eigenvalue weighted by Crippen LogP contribution is -2.34. The predicted octanol–water partition coefficient (Wildman–Crippen LogP) is 3.03. The average Bonchev–Trinajstić information content (AvgIpc) is 3.08. The van der Waals surface area contributed by atoms with Gasteiger partial charge >= 0.3 is 6.03 Å². The number of aromatic nitrogens is 1. The fourth-order valence-corrected chi connectivity index (χ4v) is 3.20. The number of carbonyl (C=O) groups is 2. The molecule has 0 aliphatic carbocycles. The third-order valence-electron chi connectivity index (χ3n) is 3.47. The number of amides is 3. The van der Waals surface area contributed by atoms with Crippen molar-refractivity contribution in [2.24, 2.45) is 5.73 Å². The number of primary amides is 1. The molecule has 0 bridgehead atoms. The van der Waals surface area contributed by atoms with Crippen molar-refractivity contribution in [2.75, 3.05) is 5.32 Å². The van der Waals surface area contributed by atoms with Crippen LogP contribution in [0, 0.1) is 0 Å². The summed E-state index contributed by atoms with van der Waals surface area (Å²) in [6.07, 6.45) is 1.71. The number of rotatable bonds is 5. The van der Waals surface area contributed by atoms with E-state index in [0.29, 0.717) is 5.69 Å². The second-order valence-corrected chi connectivity index (χ2v) is 6.22. The topological polar surface area (TPSA) is 97.1 Å². The highest BCUT2D eigenvalue weighted by Gasteiger charge is 2.18. The summed E-state index contributed by atoms with van der Waals surface area (Å²) in [5.41, 5.74) is 6.68. The van der Waals surface area contributed by atoms with Crippen LogP contribution in [0.1, 0.15) is 17.3 Å². The number of fused-ring (bicyclic) bond motifs is 1. The number of nitrogens with two attached hydrogens (primary N) is 1. The summed E-state index contributed by atoms with van der Waals surface area (Å²) in [6, 6.07) is 12.1. The van der Waals surface area contributed by atoms with Gasteiger partial charge in [0.1, 0.15) is 0 Å². The number of carbonyl (C=O) groups excluding carboxylic acids is 2.